The Morgan fingerprint density at radius 3 is 2.41 bits per heavy atom. The van der Waals surface area contributed by atoms with Crippen molar-refractivity contribution >= 4 is 29.2 Å². The fourth-order valence-corrected chi connectivity index (χ4v) is 4.99. The van der Waals surface area contributed by atoms with Crippen LogP contribution in [0.15, 0.2) is 30.3 Å². The molecular formula is C25H28Cl2FNO3. The average molecular weight is 480 g/mol. The Morgan fingerprint density at radius 1 is 1.09 bits per heavy atom. The zero-order chi connectivity index (χ0) is 23.0. The highest BCUT2D eigenvalue weighted by Crippen LogP contribution is 2.46. The SMILES string of the molecule is COC(=O)c1cc(C2CC2)c(OC2CCCN(C(C)(C)c3cc(Cl)cc(Cl)c3)C2)cc1F. The lowest BCUT2D eigenvalue weighted by molar-refractivity contribution is 0.0243. The number of piperidine rings is 1. The fraction of sp³-hybridized carbons (Fsp3) is 0.480. The van der Waals surface area contributed by atoms with Crippen molar-refractivity contribution in [2.75, 3.05) is 20.2 Å². The zero-order valence-electron chi connectivity index (χ0n) is 18.6. The van der Waals surface area contributed by atoms with Gasteiger partial charge < -0.3 is 9.47 Å². The fourth-order valence-electron chi connectivity index (χ4n) is 4.46. The molecule has 0 radical (unpaired) electrons. The number of nitrogens with zero attached hydrogens (tertiary/aromatic N) is 1. The second kappa shape index (κ2) is 9.20. The van der Waals surface area contributed by atoms with Crippen LogP contribution < -0.4 is 4.74 Å². The molecule has 0 N–H and O–H groups in total. The molecule has 1 saturated heterocycles. The second-order valence-electron chi connectivity index (χ2n) is 9.18. The van der Waals surface area contributed by atoms with E-state index in [0.717, 1.165) is 43.4 Å². The minimum Gasteiger partial charge on any atom is -0.489 e. The van der Waals surface area contributed by atoms with Gasteiger partial charge in [-0.2, -0.15) is 0 Å². The van der Waals surface area contributed by atoms with Gasteiger partial charge in [0, 0.05) is 28.2 Å². The van der Waals surface area contributed by atoms with Crippen molar-refractivity contribution in [2.24, 2.45) is 0 Å². The molecule has 1 heterocycles. The van der Waals surface area contributed by atoms with E-state index in [1.807, 2.05) is 12.1 Å². The Kier molecular flexibility index (Phi) is 6.71. The molecule has 0 amide bonds. The number of esters is 1. The summed E-state index contributed by atoms with van der Waals surface area (Å²) in [5.41, 5.74) is 1.61. The molecule has 2 fully saturated rings. The van der Waals surface area contributed by atoms with E-state index in [9.17, 15) is 9.18 Å². The Bertz CT molecular complexity index is 1000. The Morgan fingerprint density at radius 2 is 1.78 bits per heavy atom. The van der Waals surface area contributed by atoms with Crippen molar-refractivity contribution in [3.63, 3.8) is 0 Å². The van der Waals surface area contributed by atoms with Crippen LogP contribution >= 0.6 is 23.2 Å². The first-order valence-corrected chi connectivity index (χ1v) is 11.7. The molecule has 0 bridgehead atoms. The minimum absolute atomic E-state index is 0.0361. The van der Waals surface area contributed by atoms with Gasteiger partial charge in [0.15, 0.2) is 0 Å². The van der Waals surface area contributed by atoms with E-state index in [4.69, 9.17) is 32.7 Å². The molecule has 4 rings (SSSR count). The maximum atomic E-state index is 14.7. The minimum atomic E-state index is -0.665. The molecule has 32 heavy (non-hydrogen) atoms. The van der Waals surface area contributed by atoms with E-state index in [1.165, 1.54) is 13.2 Å². The molecule has 1 atom stereocenters. The summed E-state index contributed by atoms with van der Waals surface area (Å²) in [5, 5.41) is 1.22. The number of benzene rings is 2. The molecule has 1 unspecified atom stereocenters. The summed E-state index contributed by atoms with van der Waals surface area (Å²) in [7, 11) is 1.26. The monoisotopic (exact) mass is 479 g/mol. The molecule has 1 aliphatic carbocycles. The summed E-state index contributed by atoms with van der Waals surface area (Å²) < 4.78 is 25.7. The number of likely N-dealkylation sites (tertiary alicyclic amines) is 1. The molecular weight excluding hydrogens is 452 g/mol. The van der Waals surface area contributed by atoms with Gasteiger partial charge in [-0.05, 0) is 87.4 Å². The lowest BCUT2D eigenvalue weighted by Gasteiger charge is -2.44. The number of hydrogen-bond acceptors (Lipinski definition) is 4. The van der Waals surface area contributed by atoms with Crippen molar-refractivity contribution in [1.82, 2.24) is 4.90 Å². The number of methoxy groups -OCH3 is 1. The van der Waals surface area contributed by atoms with Crippen LogP contribution in [-0.2, 0) is 10.3 Å². The van der Waals surface area contributed by atoms with Crippen LogP contribution in [-0.4, -0.2) is 37.2 Å². The van der Waals surface area contributed by atoms with Gasteiger partial charge in [-0.15, -0.1) is 0 Å². The molecule has 2 aromatic rings. The van der Waals surface area contributed by atoms with Gasteiger partial charge in [-0.25, -0.2) is 9.18 Å². The van der Waals surface area contributed by atoms with Crippen molar-refractivity contribution in [3.8, 4) is 5.75 Å². The van der Waals surface area contributed by atoms with E-state index in [0.29, 0.717) is 28.3 Å². The topological polar surface area (TPSA) is 38.8 Å². The molecule has 0 spiro atoms. The molecule has 2 aliphatic rings. The summed E-state index contributed by atoms with van der Waals surface area (Å²) in [6.07, 6.45) is 3.79. The van der Waals surface area contributed by atoms with Gasteiger partial charge in [-0.1, -0.05) is 23.2 Å². The molecule has 2 aromatic carbocycles. The van der Waals surface area contributed by atoms with E-state index in [1.54, 1.807) is 12.1 Å². The predicted molar refractivity (Wildman–Crippen MR) is 124 cm³/mol. The lowest BCUT2D eigenvalue weighted by Crippen LogP contribution is -2.50. The van der Waals surface area contributed by atoms with Gasteiger partial charge in [0.25, 0.3) is 0 Å². The van der Waals surface area contributed by atoms with E-state index in [-0.39, 0.29) is 17.2 Å². The number of rotatable bonds is 6. The summed E-state index contributed by atoms with van der Waals surface area (Å²) >= 11 is 12.5. The van der Waals surface area contributed by atoms with Crippen molar-refractivity contribution < 1.29 is 18.7 Å². The highest BCUT2D eigenvalue weighted by molar-refractivity contribution is 6.34. The number of halogens is 3. The Labute approximate surface area is 198 Å². The number of hydrogen-bond donors (Lipinski definition) is 0. The van der Waals surface area contributed by atoms with Crippen LogP contribution in [0.2, 0.25) is 10.0 Å². The van der Waals surface area contributed by atoms with Gasteiger partial charge in [0.1, 0.15) is 17.7 Å². The third kappa shape index (κ3) is 4.90. The average Bonchev–Trinajstić information content (AvgIpc) is 3.58. The predicted octanol–water partition coefficient (Wildman–Crippen LogP) is 6.58. The first-order chi connectivity index (χ1) is 15.2. The molecule has 1 aliphatic heterocycles. The Hall–Kier alpha value is -1.82. The summed E-state index contributed by atoms with van der Waals surface area (Å²) in [4.78, 5) is 14.3. The molecule has 4 nitrogen and oxygen atoms in total. The number of ether oxygens (including phenoxy) is 2. The zero-order valence-corrected chi connectivity index (χ0v) is 20.1. The van der Waals surface area contributed by atoms with E-state index < -0.39 is 11.8 Å². The Balaban J connectivity index is 1.55. The van der Waals surface area contributed by atoms with Gasteiger partial charge in [0.2, 0.25) is 0 Å². The first-order valence-electron chi connectivity index (χ1n) is 11.0. The van der Waals surface area contributed by atoms with E-state index >= 15 is 0 Å². The van der Waals surface area contributed by atoms with Crippen LogP contribution in [0.1, 0.15) is 66.9 Å². The third-order valence-electron chi connectivity index (χ3n) is 6.55. The summed E-state index contributed by atoms with van der Waals surface area (Å²) in [6.45, 7) is 5.92. The van der Waals surface area contributed by atoms with Crippen LogP contribution in [0.5, 0.6) is 5.75 Å². The van der Waals surface area contributed by atoms with Crippen molar-refractivity contribution in [1.29, 1.82) is 0 Å². The van der Waals surface area contributed by atoms with Crippen LogP contribution in [0.3, 0.4) is 0 Å². The molecule has 0 aromatic heterocycles. The summed E-state index contributed by atoms with van der Waals surface area (Å²) in [5.74, 6) is -0.439. The third-order valence-corrected chi connectivity index (χ3v) is 6.99. The standard InChI is InChI=1S/C25H28Cl2FNO3/c1-25(2,16-9-17(26)11-18(27)10-16)29-8-4-5-19(14-29)32-23-13-22(28)21(24(30)31-3)12-20(23)15-6-7-15/h9-13,15,19H,4-8,14H2,1-3H3. The molecule has 1 saturated carbocycles. The van der Waals surface area contributed by atoms with Gasteiger partial charge >= 0.3 is 5.97 Å². The lowest BCUT2D eigenvalue weighted by atomic mass is 9.89. The molecule has 172 valence electrons. The highest BCUT2D eigenvalue weighted by Gasteiger charge is 2.35. The van der Waals surface area contributed by atoms with Crippen molar-refractivity contribution in [2.45, 2.75) is 57.1 Å². The van der Waals surface area contributed by atoms with Crippen molar-refractivity contribution in [3.05, 3.63) is 62.9 Å². The smallest absolute Gasteiger partial charge is 0.340 e. The van der Waals surface area contributed by atoms with Crippen LogP contribution in [0, 0.1) is 5.82 Å². The second-order valence-corrected chi connectivity index (χ2v) is 10.1. The maximum Gasteiger partial charge on any atom is 0.340 e. The van der Waals surface area contributed by atoms with Crippen LogP contribution in [0.4, 0.5) is 4.39 Å². The summed E-state index contributed by atoms with van der Waals surface area (Å²) in [6, 6.07) is 8.58. The molecule has 7 heteroatoms. The van der Waals surface area contributed by atoms with E-state index in [2.05, 4.69) is 18.7 Å². The van der Waals surface area contributed by atoms with Gasteiger partial charge in [0.05, 0.1) is 12.7 Å². The quantitative estimate of drug-likeness (QED) is 0.438. The largest absolute Gasteiger partial charge is 0.489 e. The number of carbonyl (C=O) groups excluding carboxylic acids is 1. The van der Waals surface area contributed by atoms with Gasteiger partial charge in [-0.3, -0.25) is 4.90 Å². The maximum absolute atomic E-state index is 14.7. The first kappa shape index (κ1) is 23.3. The highest BCUT2D eigenvalue weighted by atomic mass is 35.5. The van der Waals surface area contributed by atoms with Crippen LogP contribution in [0.25, 0.3) is 0 Å². The normalized spacial score (nSPS) is 19.6. The number of carbonyl (C=O) groups is 1.